The van der Waals surface area contributed by atoms with Crippen LogP contribution in [-0.4, -0.2) is 23.8 Å². The zero-order valence-corrected chi connectivity index (χ0v) is 15.5. The molecule has 4 aromatic rings. The van der Waals surface area contributed by atoms with Crippen molar-refractivity contribution in [1.82, 2.24) is 0 Å². The van der Waals surface area contributed by atoms with Crippen molar-refractivity contribution in [3.63, 3.8) is 0 Å². The average molecular weight is 345 g/mol. The summed E-state index contributed by atoms with van der Waals surface area (Å²) in [4.78, 5) is 0. The number of rotatable bonds is 4. The van der Waals surface area contributed by atoms with Crippen LogP contribution in [0.15, 0.2) is 59.0 Å². The van der Waals surface area contributed by atoms with Gasteiger partial charge >= 0.3 is 7.48 Å². The predicted molar refractivity (Wildman–Crippen MR) is 108 cm³/mol. The third-order valence-electron chi connectivity index (χ3n) is 5.34. The SMILES string of the molecule is CC(C)(O)C(C)(C)O[B]c1ccc2c(ccc3oc4ccccc4c32)c1. The molecule has 0 spiro atoms. The van der Waals surface area contributed by atoms with Gasteiger partial charge in [0.1, 0.15) is 11.2 Å². The van der Waals surface area contributed by atoms with Crippen LogP contribution in [-0.2, 0) is 4.65 Å². The maximum atomic E-state index is 10.2. The first kappa shape index (κ1) is 17.1. The summed E-state index contributed by atoms with van der Waals surface area (Å²) in [6, 6.07) is 18.4. The molecule has 0 fully saturated rings. The van der Waals surface area contributed by atoms with E-state index in [0.717, 1.165) is 38.2 Å². The monoisotopic (exact) mass is 345 g/mol. The second-order valence-electron chi connectivity index (χ2n) is 7.82. The Hall–Kier alpha value is -2.30. The summed E-state index contributed by atoms with van der Waals surface area (Å²) < 4.78 is 11.8. The van der Waals surface area contributed by atoms with Gasteiger partial charge < -0.3 is 14.2 Å². The summed E-state index contributed by atoms with van der Waals surface area (Å²) in [6.45, 7) is 7.27. The van der Waals surface area contributed by atoms with Gasteiger partial charge in [-0.1, -0.05) is 47.9 Å². The maximum absolute atomic E-state index is 10.2. The molecule has 26 heavy (non-hydrogen) atoms. The lowest BCUT2D eigenvalue weighted by Crippen LogP contribution is -2.49. The minimum atomic E-state index is -0.942. The summed E-state index contributed by atoms with van der Waals surface area (Å²) >= 11 is 0. The fraction of sp³-hybridized carbons (Fsp3) is 0.273. The highest BCUT2D eigenvalue weighted by Crippen LogP contribution is 2.34. The van der Waals surface area contributed by atoms with Gasteiger partial charge in [-0.3, -0.25) is 0 Å². The molecule has 0 aliphatic heterocycles. The Morgan fingerprint density at radius 1 is 0.885 bits per heavy atom. The first-order chi connectivity index (χ1) is 12.3. The number of hydrogen-bond acceptors (Lipinski definition) is 3. The maximum Gasteiger partial charge on any atom is 0.330 e. The van der Waals surface area contributed by atoms with Gasteiger partial charge in [0, 0.05) is 10.8 Å². The lowest BCUT2D eigenvalue weighted by molar-refractivity contribution is -0.0893. The third-order valence-corrected chi connectivity index (χ3v) is 5.34. The standard InChI is InChI=1S/C22H22BO3/c1-21(2,24)22(3,4)26-23-15-10-11-16-14(13-15)9-12-19-20(16)17-7-5-6-8-18(17)25-19/h5-13,24H,1-4H3. The van der Waals surface area contributed by atoms with Crippen molar-refractivity contribution in [2.45, 2.75) is 38.9 Å². The summed E-state index contributed by atoms with van der Waals surface area (Å²) in [6.07, 6.45) is 0. The van der Waals surface area contributed by atoms with Crippen LogP contribution in [0.5, 0.6) is 0 Å². The van der Waals surface area contributed by atoms with Gasteiger partial charge in [-0.05, 0) is 50.6 Å². The second kappa shape index (κ2) is 5.87. The van der Waals surface area contributed by atoms with E-state index in [2.05, 4.69) is 24.3 Å². The summed E-state index contributed by atoms with van der Waals surface area (Å²) in [5, 5.41) is 14.8. The molecule has 0 amide bonds. The van der Waals surface area contributed by atoms with Gasteiger partial charge in [0.05, 0.1) is 11.2 Å². The molecule has 0 bridgehead atoms. The Morgan fingerprint density at radius 2 is 1.65 bits per heavy atom. The Balaban J connectivity index is 1.74. The molecule has 4 heteroatoms. The molecule has 3 aromatic carbocycles. The van der Waals surface area contributed by atoms with Crippen LogP contribution in [0.4, 0.5) is 0 Å². The van der Waals surface area contributed by atoms with Crippen LogP contribution in [0.1, 0.15) is 27.7 Å². The third kappa shape index (κ3) is 2.79. The summed E-state index contributed by atoms with van der Waals surface area (Å²) in [7, 11) is 1.72. The van der Waals surface area contributed by atoms with Crippen molar-refractivity contribution in [3.05, 3.63) is 54.6 Å². The van der Waals surface area contributed by atoms with E-state index in [1.54, 1.807) is 21.3 Å². The average Bonchev–Trinajstić information content (AvgIpc) is 2.97. The lowest BCUT2D eigenvalue weighted by atomic mass is 9.82. The number of hydrogen-bond donors (Lipinski definition) is 1. The number of para-hydroxylation sites is 1. The molecule has 1 heterocycles. The Bertz CT molecular complexity index is 1100. The van der Waals surface area contributed by atoms with Crippen LogP contribution in [0.25, 0.3) is 32.7 Å². The normalized spacial score (nSPS) is 13.0. The molecule has 1 N–H and O–H groups in total. The highest BCUT2D eigenvalue weighted by atomic mass is 16.5. The molecule has 131 valence electrons. The molecule has 3 nitrogen and oxygen atoms in total. The van der Waals surface area contributed by atoms with Gasteiger partial charge in [0.15, 0.2) is 0 Å². The quantitative estimate of drug-likeness (QED) is 0.552. The van der Waals surface area contributed by atoms with Gasteiger partial charge in [0.2, 0.25) is 0 Å². The summed E-state index contributed by atoms with van der Waals surface area (Å²) in [5.41, 5.74) is 1.13. The molecule has 0 atom stereocenters. The van der Waals surface area contributed by atoms with Crippen molar-refractivity contribution in [2.24, 2.45) is 0 Å². The number of benzene rings is 3. The molecule has 0 aliphatic rings. The van der Waals surface area contributed by atoms with E-state index in [4.69, 9.17) is 9.07 Å². The van der Waals surface area contributed by atoms with E-state index in [0.29, 0.717) is 0 Å². The van der Waals surface area contributed by atoms with Gasteiger partial charge in [-0.2, -0.15) is 0 Å². The molecule has 0 unspecified atom stereocenters. The van der Waals surface area contributed by atoms with Crippen LogP contribution >= 0.6 is 0 Å². The van der Waals surface area contributed by atoms with Crippen molar-refractivity contribution in [1.29, 1.82) is 0 Å². The Labute approximate surface area is 153 Å². The highest BCUT2D eigenvalue weighted by Gasteiger charge is 2.35. The van der Waals surface area contributed by atoms with E-state index < -0.39 is 11.2 Å². The largest absolute Gasteiger partial charge is 0.456 e. The Kier molecular flexibility index (Phi) is 3.87. The lowest BCUT2D eigenvalue weighted by Gasteiger charge is -2.37. The minimum absolute atomic E-state index is 0.688. The molecule has 1 aromatic heterocycles. The van der Waals surface area contributed by atoms with Crippen molar-refractivity contribution >= 4 is 45.7 Å². The highest BCUT2D eigenvalue weighted by molar-refractivity contribution is 6.47. The number of fused-ring (bicyclic) bond motifs is 5. The molecule has 0 aliphatic carbocycles. The van der Waals surface area contributed by atoms with Crippen LogP contribution in [0.3, 0.4) is 0 Å². The van der Waals surface area contributed by atoms with Gasteiger partial charge in [-0.15, -0.1) is 0 Å². The number of furan rings is 1. The molecular weight excluding hydrogens is 323 g/mol. The molecule has 0 saturated heterocycles. The van der Waals surface area contributed by atoms with Crippen molar-refractivity contribution in [2.75, 3.05) is 0 Å². The summed E-state index contributed by atoms with van der Waals surface area (Å²) in [5.74, 6) is 0. The van der Waals surface area contributed by atoms with Gasteiger partial charge in [0.25, 0.3) is 0 Å². The van der Waals surface area contributed by atoms with E-state index in [1.165, 1.54) is 0 Å². The first-order valence-electron chi connectivity index (χ1n) is 8.84. The Morgan fingerprint density at radius 3 is 2.42 bits per heavy atom. The zero-order chi connectivity index (χ0) is 18.5. The second-order valence-corrected chi connectivity index (χ2v) is 7.82. The van der Waals surface area contributed by atoms with E-state index >= 15 is 0 Å². The van der Waals surface area contributed by atoms with Crippen LogP contribution in [0.2, 0.25) is 0 Å². The van der Waals surface area contributed by atoms with Crippen molar-refractivity contribution < 1.29 is 14.2 Å². The smallest absolute Gasteiger partial charge is 0.330 e. The van der Waals surface area contributed by atoms with Crippen molar-refractivity contribution in [3.8, 4) is 0 Å². The predicted octanol–water partition coefficient (Wildman–Crippen LogP) is 4.55. The molecular formula is C22H22BO3. The molecule has 4 rings (SSSR count). The first-order valence-corrected chi connectivity index (χ1v) is 8.84. The topological polar surface area (TPSA) is 42.6 Å². The molecule has 1 radical (unpaired) electrons. The fourth-order valence-electron chi connectivity index (χ4n) is 3.00. The van der Waals surface area contributed by atoms with Crippen LogP contribution < -0.4 is 5.46 Å². The van der Waals surface area contributed by atoms with Gasteiger partial charge in [-0.25, -0.2) is 0 Å². The van der Waals surface area contributed by atoms with Crippen LogP contribution in [0, 0.1) is 0 Å². The number of aliphatic hydroxyl groups is 1. The van der Waals surface area contributed by atoms with E-state index in [-0.39, 0.29) is 0 Å². The minimum Gasteiger partial charge on any atom is -0.456 e. The van der Waals surface area contributed by atoms with E-state index in [1.807, 2.05) is 44.2 Å². The van der Waals surface area contributed by atoms with E-state index in [9.17, 15) is 5.11 Å². The molecule has 0 saturated carbocycles. The zero-order valence-electron chi connectivity index (χ0n) is 15.5. The fourth-order valence-corrected chi connectivity index (χ4v) is 3.00.